The highest BCUT2D eigenvalue weighted by Gasteiger charge is 2.70. The second-order valence-electron chi connectivity index (χ2n) is 11.0. The van der Waals surface area contributed by atoms with E-state index in [9.17, 15) is 4.79 Å². The van der Waals surface area contributed by atoms with E-state index in [-0.39, 0.29) is 22.2 Å². The van der Waals surface area contributed by atoms with Crippen LogP contribution in [0.4, 0.5) is 0 Å². The van der Waals surface area contributed by atoms with E-state index in [4.69, 9.17) is 0 Å². The Morgan fingerprint density at radius 3 is 2.83 bits per heavy atom. The van der Waals surface area contributed by atoms with Crippen LogP contribution in [0.15, 0.2) is 42.3 Å². The number of hydrogen-bond acceptors (Lipinski definition) is 2. The molecule has 0 aromatic carbocycles. The molecule has 0 bridgehead atoms. The summed E-state index contributed by atoms with van der Waals surface area (Å²) in [7, 11) is 0. The predicted molar refractivity (Wildman–Crippen MR) is 115 cm³/mol. The lowest BCUT2D eigenvalue weighted by Crippen LogP contribution is -2.57. The summed E-state index contributed by atoms with van der Waals surface area (Å²) in [5.74, 6) is 3.03. The third kappa shape index (κ3) is 2.14. The first-order valence-electron chi connectivity index (χ1n) is 11.5. The number of nitrogens with zero attached hydrogens (tertiary/aromatic N) is 1. The molecule has 0 radical (unpaired) electrons. The first kappa shape index (κ1) is 17.9. The van der Waals surface area contributed by atoms with Crippen LogP contribution in [0.5, 0.6) is 0 Å². The lowest BCUT2D eigenvalue weighted by molar-refractivity contribution is -0.116. The minimum absolute atomic E-state index is 0.137. The number of nitrogens with one attached hydrogen (secondary N) is 1. The van der Waals surface area contributed by atoms with Gasteiger partial charge in [0.05, 0.1) is 0 Å². The lowest BCUT2D eigenvalue weighted by atomic mass is 9.41. The van der Waals surface area contributed by atoms with Crippen LogP contribution in [0.1, 0.15) is 58.4 Å². The lowest BCUT2D eigenvalue weighted by Gasteiger charge is -2.63. The molecule has 6 rings (SSSR count). The van der Waals surface area contributed by atoms with Gasteiger partial charge in [0.1, 0.15) is 0 Å². The van der Waals surface area contributed by atoms with Gasteiger partial charge in [-0.3, -0.25) is 9.78 Å². The molecular formula is C26H32N2O. The van der Waals surface area contributed by atoms with Gasteiger partial charge in [0.15, 0.2) is 0 Å². The Kier molecular flexibility index (Phi) is 3.47. The van der Waals surface area contributed by atoms with Crippen LogP contribution in [-0.2, 0) is 4.79 Å². The van der Waals surface area contributed by atoms with Crippen molar-refractivity contribution >= 4 is 11.5 Å². The molecular weight excluding hydrogens is 356 g/mol. The predicted octanol–water partition coefficient (Wildman–Crippen LogP) is 5.01. The number of allylic oxidation sites excluding steroid dienone is 3. The number of amides is 1. The molecule has 5 aliphatic rings. The molecule has 2 heterocycles. The van der Waals surface area contributed by atoms with Gasteiger partial charge in [-0.25, -0.2) is 0 Å². The van der Waals surface area contributed by atoms with E-state index < -0.39 is 0 Å². The number of carbonyl (C=O) groups excluding carboxylic acids is 1. The monoisotopic (exact) mass is 388 g/mol. The van der Waals surface area contributed by atoms with E-state index in [2.05, 4.69) is 55.5 Å². The maximum absolute atomic E-state index is 12.3. The highest BCUT2D eigenvalue weighted by Crippen LogP contribution is 2.78. The largest absolute Gasteiger partial charge is 0.353 e. The van der Waals surface area contributed by atoms with Gasteiger partial charge in [-0.2, -0.15) is 0 Å². The maximum atomic E-state index is 12.3. The Morgan fingerprint density at radius 2 is 2.03 bits per heavy atom. The van der Waals surface area contributed by atoms with Crippen molar-refractivity contribution in [1.29, 1.82) is 0 Å². The van der Waals surface area contributed by atoms with Crippen molar-refractivity contribution in [3.63, 3.8) is 0 Å². The van der Waals surface area contributed by atoms with Crippen LogP contribution in [0.25, 0.3) is 5.57 Å². The van der Waals surface area contributed by atoms with Crippen molar-refractivity contribution in [3.8, 4) is 0 Å². The smallest absolute Gasteiger partial charge is 0.243 e. The van der Waals surface area contributed by atoms with Gasteiger partial charge in [0.25, 0.3) is 0 Å². The van der Waals surface area contributed by atoms with Gasteiger partial charge in [-0.1, -0.05) is 38.5 Å². The van der Waals surface area contributed by atoms with Gasteiger partial charge in [0, 0.05) is 25.0 Å². The van der Waals surface area contributed by atoms with Crippen LogP contribution in [0.2, 0.25) is 0 Å². The summed E-state index contributed by atoms with van der Waals surface area (Å²) in [5.41, 5.74) is 5.03. The van der Waals surface area contributed by atoms with Crippen molar-refractivity contribution in [1.82, 2.24) is 10.3 Å². The minimum Gasteiger partial charge on any atom is -0.353 e. The van der Waals surface area contributed by atoms with E-state index in [0.29, 0.717) is 5.92 Å². The molecule has 29 heavy (non-hydrogen) atoms. The Morgan fingerprint density at radius 1 is 1.17 bits per heavy atom. The van der Waals surface area contributed by atoms with E-state index in [0.717, 1.165) is 30.7 Å². The van der Waals surface area contributed by atoms with Crippen LogP contribution >= 0.6 is 0 Å². The van der Waals surface area contributed by atoms with E-state index >= 15 is 0 Å². The molecule has 1 amide bonds. The van der Waals surface area contributed by atoms with Crippen molar-refractivity contribution < 1.29 is 4.79 Å². The Labute approximate surface area is 174 Å². The van der Waals surface area contributed by atoms with Crippen LogP contribution < -0.4 is 5.32 Å². The molecule has 0 spiro atoms. The molecule has 2 unspecified atom stereocenters. The maximum Gasteiger partial charge on any atom is 0.243 e. The average molecular weight is 389 g/mol. The highest BCUT2D eigenvalue weighted by molar-refractivity contribution is 5.89. The zero-order chi connectivity index (χ0) is 20.0. The Hall–Kier alpha value is -1.90. The van der Waals surface area contributed by atoms with Crippen molar-refractivity contribution in [2.75, 3.05) is 6.54 Å². The van der Waals surface area contributed by atoms with E-state index in [1.165, 1.54) is 36.8 Å². The summed E-state index contributed by atoms with van der Waals surface area (Å²) >= 11 is 0. The average Bonchev–Trinajstić information content (AvgIpc) is 3.43. The third-order valence-corrected chi connectivity index (χ3v) is 10.1. The van der Waals surface area contributed by atoms with Crippen LogP contribution in [0.3, 0.4) is 0 Å². The van der Waals surface area contributed by atoms with Crippen LogP contribution in [0, 0.1) is 39.9 Å². The number of rotatable bonds is 1. The quantitative estimate of drug-likeness (QED) is 0.735. The van der Waals surface area contributed by atoms with E-state index in [1.54, 1.807) is 5.57 Å². The first-order chi connectivity index (χ1) is 13.9. The number of hydrogen-bond donors (Lipinski definition) is 1. The van der Waals surface area contributed by atoms with Crippen LogP contribution in [-0.4, -0.2) is 17.4 Å². The summed E-state index contributed by atoms with van der Waals surface area (Å²) in [5, 5.41) is 3.13. The molecule has 152 valence electrons. The fourth-order valence-electron chi connectivity index (χ4n) is 8.35. The number of fused-ring (bicyclic) bond motifs is 8. The van der Waals surface area contributed by atoms with Crippen molar-refractivity contribution in [2.24, 2.45) is 39.9 Å². The van der Waals surface area contributed by atoms with Crippen molar-refractivity contribution in [3.05, 3.63) is 47.8 Å². The molecule has 1 aromatic rings. The van der Waals surface area contributed by atoms with Gasteiger partial charge >= 0.3 is 0 Å². The topological polar surface area (TPSA) is 42.0 Å². The standard InChI is InChI=1S/C26H32N2O/c1-24-8-9-26(3)23(20(24)7-6-19(24)16-5-4-11-27-15-16)18-13-17(18)21-14-22(29)28-12-10-25(21,26)2/h4-6,11,14-15,17-18,20,23H,7-10,12-13H2,1-3H3,(H,28,29)/t17?,18?,20-,23-,24+,25-,26-/m0/s1. The number of carbonyl (C=O) groups is 1. The number of aromatic nitrogens is 1. The third-order valence-electron chi connectivity index (χ3n) is 10.1. The molecule has 7 atom stereocenters. The van der Waals surface area contributed by atoms with E-state index in [1.807, 2.05) is 12.3 Å². The van der Waals surface area contributed by atoms with Gasteiger partial charge in [-0.15, -0.1) is 0 Å². The van der Waals surface area contributed by atoms with Crippen molar-refractivity contribution in [2.45, 2.75) is 52.9 Å². The zero-order valence-corrected chi connectivity index (χ0v) is 17.9. The second kappa shape index (κ2) is 5.62. The fraction of sp³-hybridized carbons (Fsp3) is 0.615. The van der Waals surface area contributed by atoms with Gasteiger partial charge in [0.2, 0.25) is 5.91 Å². The zero-order valence-electron chi connectivity index (χ0n) is 17.9. The molecule has 1 aliphatic heterocycles. The fourth-order valence-corrected chi connectivity index (χ4v) is 8.35. The van der Waals surface area contributed by atoms with Gasteiger partial charge in [-0.05, 0) is 89.2 Å². The summed E-state index contributed by atoms with van der Waals surface area (Å²) in [6.07, 6.45) is 14.6. The summed E-state index contributed by atoms with van der Waals surface area (Å²) in [6.45, 7) is 8.42. The normalized spacial score (nSPS) is 47.5. The molecule has 3 saturated carbocycles. The second-order valence-corrected chi connectivity index (χ2v) is 11.0. The van der Waals surface area contributed by atoms with Gasteiger partial charge < -0.3 is 5.32 Å². The first-order valence-corrected chi connectivity index (χ1v) is 11.5. The summed E-state index contributed by atoms with van der Waals surface area (Å²) < 4.78 is 0. The highest BCUT2D eigenvalue weighted by atomic mass is 16.1. The molecule has 4 aliphatic carbocycles. The minimum atomic E-state index is 0.137. The summed E-state index contributed by atoms with van der Waals surface area (Å²) in [6, 6.07) is 4.32. The molecule has 3 fully saturated rings. The molecule has 0 saturated heterocycles. The SMILES string of the molecule is C[C@]12CCNC(=O)C=C1C1CC1[C@H]1[C@@H]3CC=C(c4cccnc4)[C@@]3(C)CC[C@@]12C. The number of pyridine rings is 1. The Bertz CT molecular complexity index is 949. The summed E-state index contributed by atoms with van der Waals surface area (Å²) in [4.78, 5) is 16.8. The molecule has 3 nitrogen and oxygen atoms in total. The Balaban J connectivity index is 1.43. The molecule has 1 aromatic heterocycles. The molecule has 3 heteroatoms. The molecule has 1 N–H and O–H groups in total.